The van der Waals surface area contributed by atoms with Gasteiger partial charge in [0.15, 0.2) is 0 Å². The van der Waals surface area contributed by atoms with Gasteiger partial charge >= 0.3 is 5.69 Å². The van der Waals surface area contributed by atoms with E-state index in [0.29, 0.717) is 0 Å². The van der Waals surface area contributed by atoms with E-state index in [9.17, 15) is 9.90 Å². The van der Waals surface area contributed by atoms with Crippen LogP contribution in [0.2, 0.25) is 0 Å². The van der Waals surface area contributed by atoms with E-state index in [4.69, 9.17) is 19.8 Å². The Morgan fingerprint density at radius 3 is 3.00 bits per heavy atom. The molecule has 18 heavy (non-hydrogen) atoms. The lowest BCUT2D eigenvalue weighted by atomic mass is 10.2. The first-order valence-corrected chi connectivity index (χ1v) is 6.13. The highest BCUT2D eigenvalue weighted by Gasteiger charge is 2.35. The third-order valence-corrected chi connectivity index (χ3v) is 3.13. The van der Waals surface area contributed by atoms with Gasteiger partial charge in [0.1, 0.15) is 18.7 Å². The van der Waals surface area contributed by atoms with E-state index in [-0.39, 0.29) is 29.1 Å². The zero-order valence-electron chi connectivity index (χ0n) is 9.68. The van der Waals surface area contributed by atoms with E-state index in [1.165, 1.54) is 6.33 Å². The van der Waals surface area contributed by atoms with Gasteiger partial charge in [0, 0.05) is 6.42 Å². The Morgan fingerprint density at radius 2 is 2.44 bits per heavy atom. The number of hydrogen-bond donors (Lipinski definition) is 3. The van der Waals surface area contributed by atoms with Gasteiger partial charge < -0.3 is 19.5 Å². The average Bonchev–Trinajstić information content (AvgIpc) is 2.71. The summed E-state index contributed by atoms with van der Waals surface area (Å²) in [6, 6.07) is 0. The fourth-order valence-electron chi connectivity index (χ4n) is 1.83. The fourth-order valence-corrected chi connectivity index (χ4v) is 2.16. The molecule has 0 aromatic carbocycles. The Labute approximate surface area is 104 Å². The number of aliphatic hydroxyl groups is 2. The quantitative estimate of drug-likeness (QED) is 0.481. The Bertz CT molecular complexity index is 543. The monoisotopic (exact) mass is 274 g/mol. The van der Waals surface area contributed by atoms with Gasteiger partial charge in [-0.1, -0.05) is 0 Å². The highest BCUT2D eigenvalue weighted by atomic mass is 28.2. The van der Waals surface area contributed by atoms with Crippen molar-refractivity contribution in [3.8, 4) is 0 Å². The molecular weight excluding hydrogens is 260 g/mol. The van der Waals surface area contributed by atoms with Crippen molar-refractivity contribution < 1.29 is 19.5 Å². The molecule has 10 heteroatoms. The number of hydrogen-bond acceptors (Lipinski definition) is 7. The second-order valence-electron chi connectivity index (χ2n) is 3.85. The number of ether oxygens (including phenoxy) is 1. The molecule has 0 spiro atoms. The lowest BCUT2D eigenvalue weighted by Gasteiger charge is -2.15. The molecule has 1 saturated heterocycles. The van der Waals surface area contributed by atoms with Gasteiger partial charge in [-0.3, -0.25) is 9.98 Å². The zero-order valence-corrected chi connectivity index (χ0v) is 11.7. The van der Waals surface area contributed by atoms with Gasteiger partial charge in [0.05, 0.1) is 12.7 Å². The van der Waals surface area contributed by atoms with Crippen LogP contribution in [0.3, 0.4) is 0 Å². The van der Waals surface area contributed by atoms with Crippen molar-refractivity contribution in [3.05, 3.63) is 22.4 Å². The van der Waals surface area contributed by atoms with Crippen LogP contribution in [0.1, 0.15) is 12.6 Å². The molecule has 100 valence electrons. The standard InChI is InChI=1S/C8H14N4O5Si/c9-7-10-3-11(8(15)12(7)17-18)6-1-4(14)5(2-13)16-6/h3-6,9,13-14H,1-2H2,18H3/t4-,5+,6+/m0/s1. The summed E-state index contributed by atoms with van der Waals surface area (Å²) in [6.07, 6.45) is -0.943. The van der Waals surface area contributed by atoms with Crippen LogP contribution in [-0.2, 0) is 4.74 Å². The fraction of sp³-hybridized carbons (Fsp3) is 0.625. The minimum atomic E-state index is -0.840. The summed E-state index contributed by atoms with van der Waals surface area (Å²) in [4.78, 5) is 15.6. The van der Waals surface area contributed by atoms with E-state index >= 15 is 0 Å². The topological polar surface area (TPSA) is 123 Å². The summed E-state index contributed by atoms with van der Waals surface area (Å²) in [7, 11) is 0.238. The molecule has 3 atom stereocenters. The lowest BCUT2D eigenvalue weighted by molar-refractivity contribution is -0.0477. The van der Waals surface area contributed by atoms with Crippen LogP contribution in [0.5, 0.6) is 0 Å². The predicted molar refractivity (Wildman–Crippen MR) is 60.5 cm³/mol. The van der Waals surface area contributed by atoms with Gasteiger partial charge in [-0.2, -0.15) is 0 Å². The van der Waals surface area contributed by atoms with Crippen molar-refractivity contribution in [2.75, 3.05) is 6.61 Å². The third kappa shape index (κ3) is 2.10. The zero-order chi connectivity index (χ0) is 13.3. The lowest BCUT2D eigenvalue weighted by Crippen LogP contribution is -2.45. The third-order valence-electron chi connectivity index (χ3n) is 2.77. The summed E-state index contributed by atoms with van der Waals surface area (Å²) >= 11 is 0. The molecular formula is C8H14N4O5Si. The molecule has 3 N–H and O–H groups in total. The summed E-state index contributed by atoms with van der Waals surface area (Å²) in [5, 5.41) is 26.0. The minimum absolute atomic E-state index is 0.172. The van der Waals surface area contributed by atoms with Crippen molar-refractivity contribution in [2.45, 2.75) is 24.9 Å². The van der Waals surface area contributed by atoms with E-state index in [0.717, 1.165) is 9.30 Å². The van der Waals surface area contributed by atoms with Gasteiger partial charge in [-0.05, 0) is 0 Å². The number of rotatable bonds is 3. The molecule has 9 nitrogen and oxygen atoms in total. The Hall–Kier alpha value is -1.49. The van der Waals surface area contributed by atoms with Gasteiger partial charge in [-0.25, -0.2) is 9.78 Å². The Balaban J connectivity index is 2.36. The summed E-state index contributed by atoms with van der Waals surface area (Å²) in [5.41, 5.74) is -0.899. The Kier molecular flexibility index (Phi) is 3.61. The number of nitrogens with zero attached hydrogens (tertiary/aromatic N) is 3. The molecule has 1 aliphatic rings. The molecule has 1 aromatic heterocycles. The molecule has 1 aliphatic heterocycles. The molecule has 0 radical (unpaired) electrons. The van der Waals surface area contributed by atoms with Crippen LogP contribution in [0.4, 0.5) is 0 Å². The maximum atomic E-state index is 11.9. The van der Waals surface area contributed by atoms with Crippen LogP contribution < -0.4 is 15.8 Å². The number of nitrogens with one attached hydrogen (secondary N) is 1. The van der Waals surface area contributed by atoms with Gasteiger partial charge in [0.25, 0.3) is 5.62 Å². The second-order valence-corrected chi connectivity index (χ2v) is 4.21. The highest BCUT2D eigenvalue weighted by molar-refractivity contribution is 5.98. The number of aliphatic hydroxyl groups excluding tert-OH is 2. The largest absolute Gasteiger partial charge is 0.475 e. The Morgan fingerprint density at radius 1 is 1.72 bits per heavy atom. The molecule has 0 unspecified atom stereocenters. The molecule has 0 saturated carbocycles. The minimum Gasteiger partial charge on any atom is -0.475 e. The molecule has 2 rings (SSSR count). The molecule has 2 heterocycles. The first kappa shape index (κ1) is 13.0. The van der Waals surface area contributed by atoms with Crippen LogP contribution in [0.15, 0.2) is 11.1 Å². The maximum Gasteiger partial charge on any atom is 0.366 e. The number of aromatic nitrogens is 3. The first-order valence-electron chi connectivity index (χ1n) is 5.32. The van der Waals surface area contributed by atoms with Crippen LogP contribution in [0, 0.1) is 5.41 Å². The van der Waals surface area contributed by atoms with Gasteiger partial charge in [0.2, 0.25) is 10.5 Å². The predicted octanol–water partition coefficient (Wildman–Crippen LogP) is -4.13. The van der Waals surface area contributed by atoms with E-state index in [1.54, 1.807) is 0 Å². The van der Waals surface area contributed by atoms with Crippen LogP contribution in [0.25, 0.3) is 0 Å². The highest BCUT2D eigenvalue weighted by Crippen LogP contribution is 2.26. The molecule has 1 aromatic rings. The van der Waals surface area contributed by atoms with Crippen molar-refractivity contribution in [1.29, 1.82) is 5.41 Å². The maximum absolute atomic E-state index is 11.9. The smallest absolute Gasteiger partial charge is 0.366 e. The summed E-state index contributed by atoms with van der Waals surface area (Å²) in [5.74, 6) is 0. The van der Waals surface area contributed by atoms with Crippen LogP contribution >= 0.6 is 0 Å². The normalized spacial score (nSPS) is 27.6. The van der Waals surface area contributed by atoms with Crippen molar-refractivity contribution >= 4 is 10.5 Å². The SMILES string of the molecule is N=c1ncn([C@H]2C[C@H](O)[C@@H](CO)O2)c(=O)n1O[SiH3]. The van der Waals surface area contributed by atoms with E-state index in [2.05, 4.69) is 4.98 Å². The molecule has 0 amide bonds. The van der Waals surface area contributed by atoms with Gasteiger partial charge in [-0.15, -0.1) is 4.73 Å². The van der Waals surface area contributed by atoms with Crippen molar-refractivity contribution in [3.63, 3.8) is 0 Å². The molecule has 1 fully saturated rings. The van der Waals surface area contributed by atoms with E-state index in [1.807, 2.05) is 0 Å². The summed E-state index contributed by atoms with van der Waals surface area (Å²) in [6.45, 7) is -0.326. The van der Waals surface area contributed by atoms with E-state index < -0.39 is 24.1 Å². The molecule has 0 aliphatic carbocycles. The molecule has 0 bridgehead atoms. The average molecular weight is 274 g/mol. The van der Waals surface area contributed by atoms with Crippen molar-refractivity contribution in [1.82, 2.24) is 14.3 Å². The first-order chi connectivity index (χ1) is 8.58. The van der Waals surface area contributed by atoms with Crippen molar-refractivity contribution in [2.24, 2.45) is 0 Å². The van der Waals surface area contributed by atoms with Crippen LogP contribution in [-0.4, -0.2) is 53.8 Å². The summed E-state index contributed by atoms with van der Waals surface area (Å²) < 4.78 is 12.1. The second kappa shape index (κ2) is 5.02.